The topological polar surface area (TPSA) is 86.8 Å². The van der Waals surface area contributed by atoms with Gasteiger partial charge in [0.15, 0.2) is 0 Å². The van der Waals surface area contributed by atoms with Crippen molar-refractivity contribution in [3.05, 3.63) is 64.7 Å². The average Bonchev–Trinajstić information content (AvgIpc) is 3.30. The highest BCUT2D eigenvalue weighted by atomic mass is 32.2. The lowest BCUT2D eigenvalue weighted by Crippen LogP contribution is -2.53. The van der Waals surface area contributed by atoms with E-state index >= 15 is 0 Å². The number of sulfonamides is 1. The van der Waals surface area contributed by atoms with Crippen LogP contribution in [0.5, 0.6) is 0 Å². The van der Waals surface area contributed by atoms with Gasteiger partial charge in [0.25, 0.3) is 0 Å². The molecule has 0 saturated heterocycles. The summed E-state index contributed by atoms with van der Waals surface area (Å²) in [6.07, 6.45) is 5.61. The third-order valence-corrected chi connectivity index (χ3v) is 7.88. The number of carbonyl (C=O) groups excluding carboxylic acids is 2. The number of nitrogens with zero attached hydrogens (tertiary/aromatic N) is 2. The van der Waals surface area contributed by atoms with Gasteiger partial charge in [0, 0.05) is 12.6 Å². The molecule has 0 heterocycles. The molecule has 0 aromatic heterocycles. The summed E-state index contributed by atoms with van der Waals surface area (Å²) in [6.45, 7) is 7.50. The third kappa shape index (κ3) is 7.32. The fraction of sp³-hybridized carbons (Fsp3) is 0.500. The molecular formula is C28H39N3O4S. The predicted octanol–water partition coefficient (Wildman–Crippen LogP) is 4.24. The molecular weight excluding hydrogens is 474 g/mol. The lowest BCUT2D eigenvalue weighted by atomic mass is 10.1. The van der Waals surface area contributed by atoms with Crippen LogP contribution in [0.25, 0.3) is 0 Å². The van der Waals surface area contributed by atoms with Gasteiger partial charge in [-0.3, -0.25) is 13.9 Å². The minimum atomic E-state index is -3.74. The van der Waals surface area contributed by atoms with Gasteiger partial charge in [-0.1, -0.05) is 55.7 Å². The highest BCUT2D eigenvalue weighted by Gasteiger charge is 2.33. The largest absolute Gasteiger partial charge is 0.352 e. The Morgan fingerprint density at radius 2 is 1.56 bits per heavy atom. The minimum Gasteiger partial charge on any atom is -0.352 e. The van der Waals surface area contributed by atoms with Crippen LogP contribution in [0.2, 0.25) is 0 Å². The monoisotopic (exact) mass is 513 g/mol. The first-order chi connectivity index (χ1) is 17.0. The number of hydrogen-bond donors (Lipinski definition) is 1. The first-order valence-electron chi connectivity index (χ1n) is 12.7. The zero-order valence-corrected chi connectivity index (χ0v) is 22.9. The Labute approximate surface area is 215 Å². The van der Waals surface area contributed by atoms with Crippen molar-refractivity contribution in [1.29, 1.82) is 0 Å². The number of amides is 2. The molecule has 0 aliphatic heterocycles. The normalized spacial score (nSPS) is 14.9. The Hall–Kier alpha value is -2.87. The summed E-state index contributed by atoms with van der Waals surface area (Å²) in [5.41, 5.74) is 4.25. The highest BCUT2D eigenvalue weighted by Crippen LogP contribution is 2.23. The van der Waals surface area contributed by atoms with Gasteiger partial charge in [0.1, 0.15) is 12.6 Å². The maximum Gasteiger partial charge on any atom is 0.244 e. The summed E-state index contributed by atoms with van der Waals surface area (Å²) in [5.74, 6) is -0.587. The van der Waals surface area contributed by atoms with E-state index in [1.54, 1.807) is 12.1 Å². The number of rotatable bonds is 10. The van der Waals surface area contributed by atoms with Crippen LogP contribution in [-0.4, -0.2) is 50.0 Å². The van der Waals surface area contributed by atoms with Crippen molar-refractivity contribution in [2.24, 2.45) is 0 Å². The highest BCUT2D eigenvalue weighted by molar-refractivity contribution is 7.92. The first kappa shape index (κ1) is 27.7. The summed E-state index contributed by atoms with van der Waals surface area (Å²) in [7, 11) is -3.74. The van der Waals surface area contributed by atoms with Gasteiger partial charge in [-0.2, -0.15) is 0 Å². The Bertz CT molecular complexity index is 1150. The van der Waals surface area contributed by atoms with Gasteiger partial charge in [0.05, 0.1) is 11.9 Å². The smallest absolute Gasteiger partial charge is 0.244 e. The number of benzene rings is 2. The number of nitrogens with one attached hydrogen (secondary N) is 1. The van der Waals surface area contributed by atoms with Crippen molar-refractivity contribution in [2.75, 3.05) is 17.1 Å². The van der Waals surface area contributed by atoms with E-state index < -0.39 is 22.0 Å². The molecule has 2 aromatic rings. The van der Waals surface area contributed by atoms with Crippen molar-refractivity contribution in [1.82, 2.24) is 10.2 Å². The van der Waals surface area contributed by atoms with E-state index in [1.165, 1.54) is 4.90 Å². The predicted molar refractivity (Wildman–Crippen MR) is 144 cm³/mol. The van der Waals surface area contributed by atoms with Gasteiger partial charge in [-0.25, -0.2) is 8.42 Å². The van der Waals surface area contributed by atoms with Crippen LogP contribution in [0.15, 0.2) is 42.5 Å². The minimum absolute atomic E-state index is 0.130. The van der Waals surface area contributed by atoms with Gasteiger partial charge >= 0.3 is 0 Å². The maximum absolute atomic E-state index is 13.8. The molecule has 1 saturated carbocycles. The van der Waals surface area contributed by atoms with E-state index in [0.29, 0.717) is 12.1 Å². The van der Waals surface area contributed by atoms with E-state index in [0.717, 1.165) is 58.5 Å². The summed E-state index contributed by atoms with van der Waals surface area (Å²) < 4.78 is 26.7. The van der Waals surface area contributed by atoms with Crippen molar-refractivity contribution >= 4 is 27.5 Å². The summed E-state index contributed by atoms with van der Waals surface area (Å²) in [4.78, 5) is 28.7. The molecule has 1 atom stereocenters. The van der Waals surface area contributed by atoms with Crippen LogP contribution < -0.4 is 9.62 Å². The molecule has 8 heteroatoms. The SMILES string of the molecule is CCC(C(=O)NC1CCCC1)N(Cc1ccc(C)cc1)C(=O)CN(c1cc(C)cc(C)c1)S(C)(=O)=O. The van der Waals surface area contributed by atoms with Crippen LogP contribution in [-0.2, 0) is 26.2 Å². The molecule has 1 fully saturated rings. The summed E-state index contributed by atoms with van der Waals surface area (Å²) in [6, 6.07) is 12.7. The van der Waals surface area contributed by atoms with E-state index in [1.807, 2.05) is 58.0 Å². The van der Waals surface area contributed by atoms with Gasteiger partial charge in [-0.05, 0) is 68.9 Å². The number of carbonyl (C=O) groups is 2. The zero-order chi connectivity index (χ0) is 26.5. The van der Waals surface area contributed by atoms with Crippen LogP contribution in [0, 0.1) is 20.8 Å². The molecule has 0 radical (unpaired) electrons. The first-order valence-corrected chi connectivity index (χ1v) is 14.5. The standard InChI is InChI=1S/C28H39N3O4S/c1-6-26(28(33)29-24-9-7-8-10-24)30(18-23-13-11-20(2)12-14-23)27(32)19-31(36(5,34)35)25-16-21(3)15-22(4)17-25/h11-17,24,26H,6-10,18-19H2,1-5H3,(H,29,33). The second-order valence-electron chi connectivity index (χ2n) is 10.0. The van der Waals surface area contributed by atoms with Crippen LogP contribution in [0.1, 0.15) is 61.3 Å². The van der Waals surface area contributed by atoms with Crippen LogP contribution >= 0.6 is 0 Å². The van der Waals surface area contributed by atoms with Crippen LogP contribution in [0.4, 0.5) is 5.69 Å². The van der Waals surface area contributed by atoms with E-state index in [-0.39, 0.29) is 25.0 Å². The molecule has 36 heavy (non-hydrogen) atoms. The molecule has 1 aliphatic rings. The molecule has 1 unspecified atom stereocenters. The quantitative estimate of drug-likeness (QED) is 0.515. The second-order valence-corrected chi connectivity index (χ2v) is 11.9. The lowest BCUT2D eigenvalue weighted by Gasteiger charge is -2.33. The van der Waals surface area contributed by atoms with E-state index in [2.05, 4.69) is 5.32 Å². The molecule has 196 valence electrons. The molecule has 0 bridgehead atoms. The molecule has 1 N–H and O–H groups in total. The molecule has 7 nitrogen and oxygen atoms in total. The fourth-order valence-electron chi connectivity index (χ4n) is 4.89. The fourth-order valence-corrected chi connectivity index (χ4v) is 5.72. The molecule has 2 amide bonds. The van der Waals surface area contributed by atoms with Gasteiger partial charge < -0.3 is 10.2 Å². The number of anilines is 1. The maximum atomic E-state index is 13.8. The molecule has 1 aliphatic carbocycles. The molecule has 0 spiro atoms. The van der Waals surface area contributed by atoms with E-state index in [9.17, 15) is 18.0 Å². The van der Waals surface area contributed by atoms with Crippen molar-refractivity contribution in [3.8, 4) is 0 Å². The molecule has 2 aromatic carbocycles. The van der Waals surface area contributed by atoms with Gasteiger partial charge in [0.2, 0.25) is 21.8 Å². The summed E-state index contributed by atoms with van der Waals surface area (Å²) >= 11 is 0. The lowest BCUT2D eigenvalue weighted by molar-refractivity contribution is -0.140. The Kier molecular flexibility index (Phi) is 9.17. The van der Waals surface area contributed by atoms with E-state index in [4.69, 9.17) is 0 Å². The Balaban J connectivity index is 1.93. The van der Waals surface area contributed by atoms with Crippen molar-refractivity contribution in [3.63, 3.8) is 0 Å². The molecule has 3 rings (SSSR count). The zero-order valence-electron chi connectivity index (χ0n) is 22.1. The van der Waals surface area contributed by atoms with Crippen LogP contribution in [0.3, 0.4) is 0 Å². The second kappa shape index (κ2) is 11.9. The summed E-state index contributed by atoms with van der Waals surface area (Å²) in [5, 5.41) is 3.13. The van der Waals surface area contributed by atoms with Gasteiger partial charge in [-0.15, -0.1) is 0 Å². The third-order valence-electron chi connectivity index (χ3n) is 6.73. The number of hydrogen-bond acceptors (Lipinski definition) is 4. The average molecular weight is 514 g/mol. The number of aryl methyl sites for hydroxylation is 3. The van der Waals surface area contributed by atoms with Crippen molar-refractivity contribution in [2.45, 2.75) is 78.4 Å². The Morgan fingerprint density at radius 1 is 0.972 bits per heavy atom. The van der Waals surface area contributed by atoms with Crippen molar-refractivity contribution < 1.29 is 18.0 Å². The Morgan fingerprint density at radius 3 is 2.08 bits per heavy atom.